The van der Waals surface area contributed by atoms with Crippen LogP contribution in [0.25, 0.3) is 0 Å². The fraction of sp³-hybridized carbons (Fsp3) is 0.938. The molecule has 0 bridgehead atoms. The summed E-state index contributed by atoms with van der Waals surface area (Å²) < 4.78 is 5.54. The number of nitrogens with two attached hydrogens (primary N) is 1. The third-order valence-electron chi connectivity index (χ3n) is 3.54. The molecule has 0 rings (SSSR count). The summed E-state index contributed by atoms with van der Waals surface area (Å²) in [6.45, 7) is 12.8. The van der Waals surface area contributed by atoms with Gasteiger partial charge in [0.05, 0.1) is 18.2 Å². The lowest BCUT2D eigenvalue weighted by molar-refractivity contribution is -0.124. The molecule has 0 saturated heterocycles. The minimum Gasteiger partial charge on any atom is -0.377 e. The molecule has 0 aromatic carbocycles. The molecule has 21 heavy (non-hydrogen) atoms. The van der Waals surface area contributed by atoms with Gasteiger partial charge in [-0.15, -0.1) is 0 Å². The quantitative estimate of drug-likeness (QED) is 0.539. The van der Waals surface area contributed by atoms with Gasteiger partial charge in [-0.05, 0) is 67.5 Å². The number of rotatable bonds is 12. The van der Waals surface area contributed by atoms with Gasteiger partial charge in [-0.3, -0.25) is 4.79 Å². The molecule has 0 spiro atoms. The summed E-state index contributed by atoms with van der Waals surface area (Å²) in [5.41, 5.74) is 4.92. The van der Waals surface area contributed by atoms with Crippen molar-refractivity contribution in [3.05, 3.63) is 0 Å². The van der Waals surface area contributed by atoms with Crippen LogP contribution >= 0.6 is 0 Å². The predicted octanol–water partition coefficient (Wildman–Crippen LogP) is 1.76. The van der Waals surface area contributed by atoms with E-state index >= 15 is 0 Å². The second-order valence-corrected chi connectivity index (χ2v) is 6.68. The van der Waals surface area contributed by atoms with Gasteiger partial charge in [-0.2, -0.15) is 0 Å². The minimum absolute atomic E-state index is 0.248. The first-order valence-corrected chi connectivity index (χ1v) is 8.05. The Kier molecular flexibility index (Phi) is 9.83. The second kappa shape index (κ2) is 10.1. The number of nitrogens with zero attached hydrogens (tertiary/aromatic N) is 1. The lowest BCUT2D eigenvalue weighted by Crippen LogP contribution is -2.55. The molecule has 0 fully saturated rings. The summed E-state index contributed by atoms with van der Waals surface area (Å²) in [5.74, 6) is -0.269. The molecule has 0 aliphatic heterocycles. The largest absolute Gasteiger partial charge is 0.377 e. The normalized spacial score (nSPS) is 14.9. The zero-order valence-electron chi connectivity index (χ0n) is 14.7. The second-order valence-electron chi connectivity index (χ2n) is 6.68. The fourth-order valence-corrected chi connectivity index (χ4v) is 2.32. The molecule has 0 saturated carbocycles. The number of carbonyl (C=O) groups excluding carboxylic acids is 1. The number of ether oxygens (including phenoxy) is 1. The van der Waals surface area contributed by atoms with Crippen molar-refractivity contribution in [1.82, 2.24) is 10.2 Å². The Morgan fingerprint density at radius 3 is 2.33 bits per heavy atom. The monoisotopic (exact) mass is 301 g/mol. The molecular weight excluding hydrogens is 266 g/mol. The molecule has 126 valence electrons. The number of primary amides is 1. The number of carbonyl (C=O) groups is 1. The van der Waals surface area contributed by atoms with E-state index in [2.05, 4.69) is 17.3 Å². The van der Waals surface area contributed by atoms with Crippen LogP contribution in [0.15, 0.2) is 0 Å². The number of hydrogen-bond acceptors (Lipinski definition) is 4. The van der Waals surface area contributed by atoms with Gasteiger partial charge < -0.3 is 20.7 Å². The summed E-state index contributed by atoms with van der Waals surface area (Å²) in [4.78, 5) is 13.9. The van der Waals surface area contributed by atoms with Crippen molar-refractivity contribution in [3.63, 3.8) is 0 Å². The molecule has 3 N–H and O–H groups in total. The van der Waals surface area contributed by atoms with E-state index in [4.69, 9.17) is 10.5 Å². The van der Waals surface area contributed by atoms with E-state index in [1.165, 1.54) is 0 Å². The van der Waals surface area contributed by atoms with Crippen LogP contribution < -0.4 is 11.1 Å². The maximum Gasteiger partial charge on any atom is 0.237 e. The van der Waals surface area contributed by atoms with Crippen LogP contribution in [-0.4, -0.2) is 55.2 Å². The average molecular weight is 301 g/mol. The molecule has 0 radical (unpaired) electrons. The van der Waals surface area contributed by atoms with Gasteiger partial charge in [0.15, 0.2) is 0 Å². The van der Waals surface area contributed by atoms with E-state index in [0.717, 1.165) is 39.0 Å². The SMILES string of the molecule is CC(C)NC(C)(CCCCN(C)CCOC(C)C)C(N)=O. The minimum atomic E-state index is -0.604. The highest BCUT2D eigenvalue weighted by atomic mass is 16.5. The van der Waals surface area contributed by atoms with Crippen LogP contribution in [0, 0.1) is 0 Å². The first-order chi connectivity index (χ1) is 9.67. The Hall–Kier alpha value is -0.650. The van der Waals surface area contributed by atoms with E-state index < -0.39 is 5.54 Å². The van der Waals surface area contributed by atoms with Gasteiger partial charge in [0.25, 0.3) is 0 Å². The zero-order valence-corrected chi connectivity index (χ0v) is 14.7. The van der Waals surface area contributed by atoms with Gasteiger partial charge >= 0.3 is 0 Å². The molecule has 0 aliphatic carbocycles. The summed E-state index contributed by atoms with van der Waals surface area (Å²) in [7, 11) is 2.10. The van der Waals surface area contributed by atoms with E-state index in [1.54, 1.807) is 0 Å². The lowest BCUT2D eigenvalue weighted by Gasteiger charge is -2.30. The molecule has 1 amide bonds. The van der Waals surface area contributed by atoms with Crippen molar-refractivity contribution in [2.24, 2.45) is 5.73 Å². The highest BCUT2D eigenvalue weighted by molar-refractivity contribution is 5.84. The molecule has 5 nitrogen and oxygen atoms in total. The molecule has 1 unspecified atom stereocenters. The van der Waals surface area contributed by atoms with Crippen molar-refractivity contribution in [2.75, 3.05) is 26.7 Å². The first-order valence-electron chi connectivity index (χ1n) is 8.05. The van der Waals surface area contributed by atoms with E-state index in [0.29, 0.717) is 0 Å². The van der Waals surface area contributed by atoms with E-state index in [9.17, 15) is 4.79 Å². The average Bonchev–Trinajstić information content (AvgIpc) is 2.33. The molecule has 0 aliphatic rings. The Labute approximate surface area is 130 Å². The highest BCUT2D eigenvalue weighted by Gasteiger charge is 2.30. The molecule has 0 aromatic rings. The molecule has 0 aromatic heterocycles. The van der Waals surface area contributed by atoms with Crippen LogP contribution in [-0.2, 0) is 9.53 Å². The van der Waals surface area contributed by atoms with Crippen LogP contribution in [0.2, 0.25) is 0 Å². The summed E-state index contributed by atoms with van der Waals surface area (Å²) >= 11 is 0. The maximum absolute atomic E-state index is 11.6. The summed E-state index contributed by atoms with van der Waals surface area (Å²) in [6.07, 6.45) is 3.10. The molecule has 1 atom stereocenters. The maximum atomic E-state index is 11.6. The van der Waals surface area contributed by atoms with E-state index in [1.807, 2.05) is 34.6 Å². The highest BCUT2D eigenvalue weighted by Crippen LogP contribution is 2.14. The standard InChI is InChI=1S/C16H35N3O2/c1-13(2)18-16(5,15(17)20)9-7-8-10-19(6)11-12-21-14(3)4/h13-14,18H,7-12H2,1-6H3,(H2,17,20). The van der Waals surface area contributed by atoms with Crippen molar-refractivity contribution in [1.29, 1.82) is 0 Å². The lowest BCUT2D eigenvalue weighted by atomic mass is 9.93. The Balaban J connectivity index is 3.92. The van der Waals surface area contributed by atoms with Crippen LogP contribution in [0.4, 0.5) is 0 Å². The number of unbranched alkanes of at least 4 members (excludes halogenated alkanes) is 1. The molecule has 5 heteroatoms. The van der Waals surface area contributed by atoms with Gasteiger partial charge in [0.2, 0.25) is 5.91 Å². The Morgan fingerprint density at radius 1 is 1.24 bits per heavy atom. The zero-order chi connectivity index (χ0) is 16.5. The van der Waals surface area contributed by atoms with Crippen molar-refractivity contribution < 1.29 is 9.53 Å². The third-order valence-corrected chi connectivity index (χ3v) is 3.54. The number of hydrogen-bond donors (Lipinski definition) is 2. The van der Waals surface area contributed by atoms with Crippen molar-refractivity contribution in [3.8, 4) is 0 Å². The molecular formula is C16H35N3O2. The van der Waals surface area contributed by atoms with E-state index in [-0.39, 0.29) is 18.1 Å². The summed E-state index contributed by atoms with van der Waals surface area (Å²) in [6, 6.07) is 0.248. The number of amides is 1. The van der Waals surface area contributed by atoms with Crippen molar-refractivity contribution >= 4 is 5.91 Å². The number of nitrogens with one attached hydrogen (secondary N) is 1. The molecule has 0 heterocycles. The van der Waals surface area contributed by atoms with Crippen LogP contribution in [0.3, 0.4) is 0 Å². The Bertz CT molecular complexity index is 295. The Morgan fingerprint density at radius 2 is 1.86 bits per heavy atom. The smallest absolute Gasteiger partial charge is 0.237 e. The van der Waals surface area contributed by atoms with Crippen molar-refractivity contribution in [2.45, 2.75) is 71.6 Å². The third kappa shape index (κ3) is 9.82. The summed E-state index contributed by atoms with van der Waals surface area (Å²) in [5, 5.41) is 3.28. The first kappa shape index (κ1) is 20.3. The van der Waals surface area contributed by atoms with Crippen LogP contribution in [0.1, 0.15) is 53.9 Å². The topological polar surface area (TPSA) is 67.6 Å². The van der Waals surface area contributed by atoms with Gasteiger partial charge in [0, 0.05) is 12.6 Å². The van der Waals surface area contributed by atoms with Gasteiger partial charge in [0.1, 0.15) is 0 Å². The predicted molar refractivity (Wildman–Crippen MR) is 88.3 cm³/mol. The van der Waals surface area contributed by atoms with Gasteiger partial charge in [-0.25, -0.2) is 0 Å². The van der Waals surface area contributed by atoms with Gasteiger partial charge in [-0.1, -0.05) is 0 Å². The van der Waals surface area contributed by atoms with Crippen LogP contribution in [0.5, 0.6) is 0 Å². The fourth-order valence-electron chi connectivity index (χ4n) is 2.32. The number of likely N-dealkylation sites (N-methyl/N-ethyl adjacent to an activating group) is 1.